The van der Waals surface area contributed by atoms with Gasteiger partial charge in [-0.05, 0) is 51.4 Å². The van der Waals surface area contributed by atoms with Crippen LogP contribution in [0.3, 0.4) is 0 Å². The van der Waals surface area contributed by atoms with E-state index in [1.165, 1.54) is 32.1 Å². The summed E-state index contributed by atoms with van der Waals surface area (Å²) in [5, 5.41) is 9.45. The summed E-state index contributed by atoms with van der Waals surface area (Å²) < 4.78 is 10.4. The molecule has 41 heavy (non-hydrogen) atoms. The smallest absolute Gasteiger partial charge is 0.306 e. The Morgan fingerprint density at radius 3 is 1.54 bits per heavy atom. The standard InChI is InChI=1S/C36H58O5/c1-3-5-7-9-11-13-14-15-16-17-18-19-20-21-22-23-25-27-29-31-36(39)41-34(32-37)33-40-35(38)30-28-26-24-12-10-8-6-4-2/h5,7,11,13,15-16,18-19,21-22,25,27,34,37H,3-4,6,8-10,12,14,17,20,23-24,26,28-33H2,1-2H3/b7-5-,13-11-,16-15-,19-18-,22-21-,27-25-. The number of carbonyl (C=O) groups is 2. The van der Waals surface area contributed by atoms with Gasteiger partial charge in [0.1, 0.15) is 6.61 Å². The number of hydrogen-bond donors (Lipinski definition) is 1. The van der Waals surface area contributed by atoms with Crippen LogP contribution in [-0.4, -0.2) is 36.4 Å². The minimum atomic E-state index is -0.810. The lowest BCUT2D eigenvalue weighted by Crippen LogP contribution is -2.28. The van der Waals surface area contributed by atoms with Crippen LogP contribution in [0.5, 0.6) is 0 Å². The van der Waals surface area contributed by atoms with Crippen molar-refractivity contribution in [3.05, 3.63) is 72.9 Å². The summed E-state index contributed by atoms with van der Waals surface area (Å²) in [4.78, 5) is 24.0. The normalized spacial score (nSPS) is 13.1. The number of ether oxygens (including phenoxy) is 2. The molecule has 0 saturated heterocycles. The fraction of sp³-hybridized carbons (Fsp3) is 0.611. The van der Waals surface area contributed by atoms with Crippen LogP contribution in [-0.2, 0) is 19.1 Å². The predicted molar refractivity (Wildman–Crippen MR) is 173 cm³/mol. The van der Waals surface area contributed by atoms with Crippen molar-refractivity contribution >= 4 is 11.9 Å². The average Bonchev–Trinajstić information content (AvgIpc) is 2.97. The first kappa shape index (κ1) is 38.3. The Morgan fingerprint density at radius 1 is 0.585 bits per heavy atom. The van der Waals surface area contributed by atoms with Crippen molar-refractivity contribution in [3.63, 3.8) is 0 Å². The van der Waals surface area contributed by atoms with Gasteiger partial charge in [-0.1, -0.05) is 132 Å². The second-order valence-electron chi connectivity index (χ2n) is 10.2. The number of carbonyl (C=O) groups excluding carboxylic acids is 2. The molecule has 0 radical (unpaired) electrons. The second kappa shape index (κ2) is 31.9. The van der Waals surface area contributed by atoms with Gasteiger partial charge in [0.05, 0.1) is 6.61 Å². The molecule has 0 saturated carbocycles. The first-order valence-electron chi connectivity index (χ1n) is 16.0. The maximum absolute atomic E-state index is 12.0. The van der Waals surface area contributed by atoms with E-state index >= 15 is 0 Å². The summed E-state index contributed by atoms with van der Waals surface area (Å²) in [7, 11) is 0. The number of rotatable bonds is 27. The van der Waals surface area contributed by atoms with Gasteiger partial charge in [-0.25, -0.2) is 0 Å². The lowest BCUT2D eigenvalue weighted by molar-refractivity contribution is -0.161. The van der Waals surface area contributed by atoms with Gasteiger partial charge in [-0.15, -0.1) is 0 Å². The number of allylic oxidation sites excluding steroid dienone is 12. The van der Waals surface area contributed by atoms with E-state index in [1.54, 1.807) is 0 Å². The molecule has 0 fully saturated rings. The van der Waals surface area contributed by atoms with Gasteiger partial charge in [0.15, 0.2) is 6.10 Å². The van der Waals surface area contributed by atoms with E-state index in [9.17, 15) is 14.7 Å². The van der Waals surface area contributed by atoms with Crippen LogP contribution in [0.4, 0.5) is 0 Å². The Bertz CT molecular complexity index is 788. The molecule has 0 aliphatic carbocycles. The third kappa shape index (κ3) is 30.1. The molecule has 5 heteroatoms. The molecule has 0 amide bonds. The molecule has 1 N–H and O–H groups in total. The molecule has 1 atom stereocenters. The summed E-state index contributed by atoms with van der Waals surface area (Å²) in [6.07, 6.45) is 41.1. The summed E-state index contributed by atoms with van der Waals surface area (Å²) >= 11 is 0. The first-order valence-corrected chi connectivity index (χ1v) is 16.0. The van der Waals surface area contributed by atoms with Crippen molar-refractivity contribution in [2.75, 3.05) is 13.2 Å². The van der Waals surface area contributed by atoms with E-state index in [4.69, 9.17) is 9.47 Å². The molecule has 232 valence electrons. The van der Waals surface area contributed by atoms with Crippen LogP contribution in [0.15, 0.2) is 72.9 Å². The molecule has 0 aromatic rings. The highest BCUT2D eigenvalue weighted by molar-refractivity contribution is 5.70. The molecular formula is C36H58O5. The zero-order valence-corrected chi connectivity index (χ0v) is 26.0. The topological polar surface area (TPSA) is 72.8 Å². The molecular weight excluding hydrogens is 512 g/mol. The van der Waals surface area contributed by atoms with Crippen LogP contribution in [0.1, 0.15) is 123 Å². The Hall–Kier alpha value is -2.66. The lowest BCUT2D eigenvalue weighted by Gasteiger charge is -2.15. The minimum Gasteiger partial charge on any atom is -0.462 e. The maximum atomic E-state index is 12.0. The van der Waals surface area contributed by atoms with Gasteiger partial charge in [-0.3, -0.25) is 9.59 Å². The monoisotopic (exact) mass is 570 g/mol. The van der Waals surface area contributed by atoms with Crippen molar-refractivity contribution in [2.45, 2.75) is 129 Å². The summed E-state index contributed by atoms with van der Waals surface area (Å²) in [6, 6.07) is 0. The van der Waals surface area contributed by atoms with Gasteiger partial charge in [0, 0.05) is 12.8 Å². The van der Waals surface area contributed by atoms with Crippen LogP contribution >= 0.6 is 0 Å². The molecule has 0 bridgehead atoms. The van der Waals surface area contributed by atoms with Crippen LogP contribution in [0.25, 0.3) is 0 Å². The SMILES string of the molecule is CC/C=C\C/C=C\C/C=C\C/C=C\C/C=C\C/C=C\CCC(=O)OC(CO)COC(=O)CCCCCCCCCC. The second-order valence-corrected chi connectivity index (χ2v) is 10.2. The number of aliphatic hydroxyl groups excluding tert-OH is 1. The quantitative estimate of drug-likeness (QED) is 0.0605. The fourth-order valence-corrected chi connectivity index (χ4v) is 3.87. The van der Waals surface area contributed by atoms with Crippen molar-refractivity contribution < 1.29 is 24.2 Å². The fourth-order valence-electron chi connectivity index (χ4n) is 3.87. The Labute approximate surface area is 251 Å². The number of unbranched alkanes of at least 4 members (excludes halogenated alkanes) is 7. The van der Waals surface area contributed by atoms with Gasteiger partial charge in [-0.2, -0.15) is 0 Å². The summed E-state index contributed by atoms with van der Waals surface area (Å²) in [6.45, 7) is 3.89. The van der Waals surface area contributed by atoms with Crippen molar-refractivity contribution in [1.29, 1.82) is 0 Å². The van der Waals surface area contributed by atoms with Crippen molar-refractivity contribution in [2.24, 2.45) is 0 Å². The van der Waals surface area contributed by atoms with E-state index in [2.05, 4.69) is 74.6 Å². The van der Waals surface area contributed by atoms with Crippen LogP contribution < -0.4 is 0 Å². The minimum absolute atomic E-state index is 0.0992. The molecule has 0 spiro atoms. The highest BCUT2D eigenvalue weighted by atomic mass is 16.6. The molecule has 0 rings (SSSR count). The Kier molecular flexibility index (Phi) is 29.8. The summed E-state index contributed by atoms with van der Waals surface area (Å²) in [5.74, 6) is -0.703. The van der Waals surface area contributed by atoms with Crippen LogP contribution in [0.2, 0.25) is 0 Å². The van der Waals surface area contributed by atoms with Gasteiger partial charge in [0.25, 0.3) is 0 Å². The van der Waals surface area contributed by atoms with E-state index in [-0.39, 0.29) is 25.6 Å². The summed E-state index contributed by atoms with van der Waals surface area (Å²) in [5.41, 5.74) is 0. The molecule has 1 unspecified atom stereocenters. The van der Waals surface area contributed by atoms with Crippen molar-refractivity contribution in [1.82, 2.24) is 0 Å². The van der Waals surface area contributed by atoms with E-state index in [0.29, 0.717) is 12.8 Å². The zero-order chi connectivity index (χ0) is 30.1. The highest BCUT2D eigenvalue weighted by Crippen LogP contribution is 2.10. The largest absolute Gasteiger partial charge is 0.462 e. The lowest BCUT2D eigenvalue weighted by atomic mass is 10.1. The number of hydrogen-bond acceptors (Lipinski definition) is 5. The zero-order valence-electron chi connectivity index (χ0n) is 26.0. The average molecular weight is 571 g/mol. The molecule has 0 aromatic heterocycles. The van der Waals surface area contributed by atoms with E-state index < -0.39 is 12.1 Å². The van der Waals surface area contributed by atoms with Gasteiger partial charge < -0.3 is 14.6 Å². The molecule has 0 heterocycles. The number of aliphatic hydroxyl groups is 1. The molecule has 0 aliphatic heterocycles. The first-order chi connectivity index (χ1) is 20.1. The van der Waals surface area contributed by atoms with E-state index in [1.807, 2.05) is 12.2 Å². The third-order valence-electron chi connectivity index (χ3n) is 6.28. The molecule has 5 nitrogen and oxygen atoms in total. The number of esters is 2. The molecule has 0 aromatic carbocycles. The molecule has 0 aliphatic rings. The predicted octanol–water partition coefficient (Wildman–Crippen LogP) is 9.44. The van der Waals surface area contributed by atoms with Crippen molar-refractivity contribution in [3.8, 4) is 0 Å². The Balaban J connectivity index is 3.79. The highest BCUT2D eigenvalue weighted by Gasteiger charge is 2.15. The maximum Gasteiger partial charge on any atom is 0.306 e. The van der Waals surface area contributed by atoms with E-state index in [0.717, 1.165) is 57.8 Å². The van der Waals surface area contributed by atoms with Crippen LogP contribution in [0, 0.1) is 0 Å². The van der Waals surface area contributed by atoms with Gasteiger partial charge >= 0.3 is 11.9 Å². The Morgan fingerprint density at radius 2 is 1.05 bits per heavy atom. The van der Waals surface area contributed by atoms with Gasteiger partial charge in [0.2, 0.25) is 0 Å². The third-order valence-corrected chi connectivity index (χ3v) is 6.28.